The summed E-state index contributed by atoms with van der Waals surface area (Å²) in [5.41, 5.74) is 8.17. The quantitative estimate of drug-likeness (QED) is 0.212. The van der Waals surface area contributed by atoms with Crippen LogP contribution in [0.25, 0.3) is 89.2 Å². The highest BCUT2D eigenvalue weighted by molar-refractivity contribution is 6.12. The first-order valence-corrected chi connectivity index (χ1v) is 14.5. The van der Waals surface area contributed by atoms with Crippen molar-refractivity contribution in [2.24, 2.45) is 0 Å². The van der Waals surface area contributed by atoms with E-state index in [4.69, 9.17) is 23.8 Å². The Labute approximate surface area is 252 Å². The number of aromatic nitrogens is 3. The lowest BCUT2D eigenvalue weighted by molar-refractivity contribution is 0.668. The van der Waals surface area contributed by atoms with Crippen molar-refractivity contribution in [3.8, 4) is 45.3 Å². The summed E-state index contributed by atoms with van der Waals surface area (Å²) in [6.07, 6.45) is 0. The van der Waals surface area contributed by atoms with Crippen LogP contribution in [0.2, 0.25) is 0 Å². The van der Waals surface area contributed by atoms with E-state index in [0.29, 0.717) is 17.5 Å². The molecule has 6 aromatic carbocycles. The van der Waals surface area contributed by atoms with Crippen LogP contribution in [0.1, 0.15) is 0 Å². The van der Waals surface area contributed by atoms with Gasteiger partial charge in [-0.25, -0.2) is 15.0 Å². The van der Waals surface area contributed by atoms with Gasteiger partial charge in [0.05, 0.1) is 0 Å². The van der Waals surface area contributed by atoms with Gasteiger partial charge in [-0.15, -0.1) is 0 Å². The largest absolute Gasteiger partial charge is 0.456 e. The number of fused-ring (bicyclic) bond motifs is 6. The van der Waals surface area contributed by atoms with Crippen molar-refractivity contribution in [3.63, 3.8) is 0 Å². The summed E-state index contributed by atoms with van der Waals surface area (Å²) in [7, 11) is 0. The predicted molar refractivity (Wildman–Crippen MR) is 176 cm³/mol. The molecule has 0 saturated carbocycles. The summed E-state index contributed by atoms with van der Waals surface area (Å²) in [6, 6.07) is 47.0. The van der Waals surface area contributed by atoms with Gasteiger partial charge in [0.15, 0.2) is 17.5 Å². The van der Waals surface area contributed by atoms with E-state index in [1.165, 1.54) is 0 Å². The average Bonchev–Trinajstić information content (AvgIpc) is 3.66. The highest BCUT2D eigenvalue weighted by Crippen LogP contribution is 2.38. The molecule has 44 heavy (non-hydrogen) atoms. The van der Waals surface area contributed by atoms with Crippen molar-refractivity contribution in [1.29, 1.82) is 0 Å². The molecule has 3 aromatic heterocycles. The second kappa shape index (κ2) is 9.75. The molecule has 5 nitrogen and oxygen atoms in total. The Morgan fingerprint density at radius 2 is 0.909 bits per heavy atom. The fraction of sp³-hybridized carbons (Fsp3) is 0. The molecule has 206 valence electrons. The zero-order valence-corrected chi connectivity index (χ0v) is 23.4. The number of hydrogen-bond acceptors (Lipinski definition) is 5. The van der Waals surface area contributed by atoms with Gasteiger partial charge in [-0.05, 0) is 47.5 Å². The van der Waals surface area contributed by atoms with E-state index >= 15 is 0 Å². The fourth-order valence-corrected chi connectivity index (χ4v) is 6.03. The Balaban J connectivity index is 1.25. The molecule has 0 bridgehead atoms. The molecule has 0 aliphatic carbocycles. The van der Waals surface area contributed by atoms with Crippen LogP contribution in [-0.4, -0.2) is 15.0 Å². The Morgan fingerprint density at radius 1 is 0.341 bits per heavy atom. The van der Waals surface area contributed by atoms with Crippen LogP contribution >= 0.6 is 0 Å². The smallest absolute Gasteiger partial charge is 0.164 e. The average molecular weight is 566 g/mol. The first-order chi connectivity index (χ1) is 21.8. The molecular weight excluding hydrogens is 542 g/mol. The van der Waals surface area contributed by atoms with Gasteiger partial charge in [-0.3, -0.25) is 0 Å². The molecule has 0 N–H and O–H groups in total. The number of para-hydroxylation sites is 1. The third kappa shape index (κ3) is 3.98. The van der Waals surface area contributed by atoms with Crippen LogP contribution in [0, 0.1) is 0 Å². The monoisotopic (exact) mass is 565 g/mol. The number of furan rings is 2. The lowest BCUT2D eigenvalue weighted by atomic mass is 10.0. The van der Waals surface area contributed by atoms with Gasteiger partial charge < -0.3 is 8.83 Å². The molecule has 0 radical (unpaired) electrons. The van der Waals surface area contributed by atoms with E-state index in [9.17, 15) is 0 Å². The van der Waals surface area contributed by atoms with Crippen molar-refractivity contribution in [1.82, 2.24) is 15.0 Å². The molecule has 9 aromatic rings. The third-order valence-electron chi connectivity index (χ3n) is 8.15. The fourth-order valence-electron chi connectivity index (χ4n) is 6.03. The van der Waals surface area contributed by atoms with Gasteiger partial charge in [-0.2, -0.15) is 0 Å². The van der Waals surface area contributed by atoms with Gasteiger partial charge in [0, 0.05) is 38.2 Å². The second-order valence-electron chi connectivity index (χ2n) is 10.8. The highest BCUT2D eigenvalue weighted by atomic mass is 16.3. The van der Waals surface area contributed by atoms with E-state index in [1.54, 1.807) is 0 Å². The van der Waals surface area contributed by atoms with Gasteiger partial charge >= 0.3 is 0 Å². The minimum absolute atomic E-state index is 0.576. The molecule has 3 heterocycles. The molecule has 0 unspecified atom stereocenters. The Hall–Kier alpha value is -6.07. The molecule has 0 aliphatic heterocycles. The maximum absolute atomic E-state index is 6.40. The van der Waals surface area contributed by atoms with Crippen molar-refractivity contribution in [2.45, 2.75) is 0 Å². The van der Waals surface area contributed by atoms with E-state index in [0.717, 1.165) is 71.7 Å². The summed E-state index contributed by atoms with van der Waals surface area (Å²) < 4.78 is 12.6. The van der Waals surface area contributed by atoms with Crippen LogP contribution in [-0.2, 0) is 0 Å². The minimum atomic E-state index is 0.576. The summed E-state index contributed by atoms with van der Waals surface area (Å²) >= 11 is 0. The lowest BCUT2D eigenvalue weighted by Crippen LogP contribution is -2.00. The van der Waals surface area contributed by atoms with Crippen LogP contribution < -0.4 is 0 Å². The van der Waals surface area contributed by atoms with Crippen molar-refractivity contribution >= 4 is 43.9 Å². The van der Waals surface area contributed by atoms with Gasteiger partial charge in [0.2, 0.25) is 0 Å². The first-order valence-electron chi connectivity index (χ1n) is 14.5. The second-order valence-corrected chi connectivity index (χ2v) is 10.8. The zero-order chi connectivity index (χ0) is 29.0. The van der Waals surface area contributed by atoms with Crippen molar-refractivity contribution < 1.29 is 8.83 Å². The van der Waals surface area contributed by atoms with Crippen LogP contribution in [0.5, 0.6) is 0 Å². The maximum Gasteiger partial charge on any atom is 0.164 e. The molecule has 0 aliphatic rings. The van der Waals surface area contributed by atoms with Crippen LogP contribution in [0.4, 0.5) is 0 Å². The number of benzene rings is 6. The summed E-state index contributed by atoms with van der Waals surface area (Å²) in [4.78, 5) is 15.0. The summed E-state index contributed by atoms with van der Waals surface area (Å²) in [6.45, 7) is 0. The van der Waals surface area contributed by atoms with Crippen molar-refractivity contribution in [3.05, 3.63) is 140 Å². The van der Waals surface area contributed by atoms with Gasteiger partial charge in [-0.1, -0.05) is 103 Å². The standard InChI is InChI=1S/C39H23N3O2/c1-3-10-24(11-4-1)26-18-21-30-35(22-26)44-33-17-9-15-31(36(30)33)39-41-37(25-12-5-2-6-13-25)40-38(42-39)27-19-20-29-28-14-7-8-16-32(28)43-34(29)23-27/h1-23H. The summed E-state index contributed by atoms with van der Waals surface area (Å²) in [5, 5.41) is 4.14. The minimum Gasteiger partial charge on any atom is -0.456 e. The summed E-state index contributed by atoms with van der Waals surface area (Å²) in [5.74, 6) is 1.76. The lowest BCUT2D eigenvalue weighted by Gasteiger charge is -2.09. The number of rotatable bonds is 4. The molecule has 5 heteroatoms. The molecule has 0 fully saturated rings. The van der Waals surface area contributed by atoms with Crippen molar-refractivity contribution in [2.75, 3.05) is 0 Å². The molecule has 0 spiro atoms. The Morgan fingerprint density at radius 3 is 1.75 bits per heavy atom. The molecule has 0 saturated heterocycles. The normalized spacial score (nSPS) is 11.6. The molecule has 0 atom stereocenters. The highest BCUT2D eigenvalue weighted by Gasteiger charge is 2.19. The first kappa shape index (κ1) is 24.5. The van der Waals surface area contributed by atoms with Crippen LogP contribution in [0.3, 0.4) is 0 Å². The topological polar surface area (TPSA) is 65.0 Å². The van der Waals surface area contributed by atoms with E-state index in [1.807, 2.05) is 84.9 Å². The predicted octanol–water partition coefficient (Wildman–Crippen LogP) is 10.3. The van der Waals surface area contributed by atoms with Gasteiger partial charge in [0.25, 0.3) is 0 Å². The molecule has 9 rings (SSSR count). The van der Waals surface area contributed by atoms with Gasteiger partial charge in [0.1, 0.15) is 22.3 Å². The van der Waals surface area contributed by atoms with E-state index < -0.39 is 0 Å². The SMILES string of the molecule is c1ccc(-c2ccc3c(c2)oc2cccc(-c4nc(-c5ccccc5)nc(-c5ccc6c(c5)oc5ccccc56)n4)c23)cc1. The van der Waals surface area contributed by atoms with E-state index in [-0.39, 0.29) is 0 Å². The number of hydrogen-bond donors (Lipinski definition) is 0. The zero-order valence-electron chi connectivity index (χ0n) is 23.4. The third-order valence-corrected chi connectivity index (χ3v) is 8.15. The maximum atomic E-state index is 6.40. The Bertz CT molecular complexity index is 2500. The Kier molecular flexibility index (Phi) is 5.43. The number of nitrogens with zero attached hydrogens (tertiary/aromatic N) is 3. The van der Waals surface area contributed by atoms with Crippen LogP contribution in [0.15, 0.2) is 148 Å². The van der Waals surface area contributed by atoms with E-state index in [2.05, 4.69) is 54.6 Å². The molecule has 0 amide bonds. The molecular formula is C39H23N3O2.